The second-order valence-corrected chi connectivity index (χ2v) is 9.71. The minimum atomic E-state index is -4.63. The van der Waals surface area contributed by atoms with E-state index in [4.69, 9.17) is 0 Å². The van der Waals surface area contributed by atoms with Gasteiger partial charge in [-0.3, -0.25) is 19.9 Å². The SMILES string of the molecule is Cc1cc(C(=O)Nc2nc3cccc(C(F)(F)F)c3n2[C@@H]2CCCCN(C(=O)/C=C/CN(C)C)C2)ccn1. The molecule has 0 unspecified atom stereocenters. The first-order valence-electron chi connectivity index (χ1n) is 12.5. The third kappa shape index (κ3) is 6.21. The van der Waals surface area contributed by atoms with Gasteiger partial charge < -0.3 is 14.4 Å². The maximum Gasteiger partial charge on any atom is 0.418 e. The number of fused-ring (bicyclic) bond motifs is 1. The van der Waals surface area contributed by atoms with Gasteiger partial charge in [-0.2, -0.15) is 13.2 Å². The monoisotopic (exact) mass is 528 g/mol. The Hall–Kier alpha value is -3.73. The molecular weight excluding hydrogens is 497 g/mol. The van der Waals surface area contributed by atoms with Gasteiger partial charge in [0, 0.05) is 43.2 Å². The van der Waals surface area contributed by atoms with E-state index in [1.54, 1.807) is 24.0 Å². The largest absolute Gasteiger partial charge is 0.418 e. The summed E-state index contributed by atoms with van der Waals surface area (Å²) < 4.78 is 43.8. The van der Waals surface area contributed by atoms with Crippen molar-refractivity contribution in [1.82, 2.24) is 24.3 Å². The molecule has 4 rings (SSSR count). The predicted octanol–water partition coefficient (Wildman–Crippen LogP) is 4.68. The van der Waals surface area contributed by atoms with Crippen molar-refractivity contribution >= 4 is 28.8 Å². The number of hydrogen-bond donors (Lipinski definition) is 1. The number of nitrogens with one attached hydrogen (secondary N) is 1. The van der Waals surface area contributed by atoms with E-state index < -0.39 is 23.7 Å². The van der Waals surface area contributed by atoms with Gasteiger partial charge in [0.25, 0.3) is 5.91 Å². The van der Waals surface area contributed by atoms with Crippen LogP contribution in [0.4, 0.5) is 19.1 Å². The number of alkyl halides is 3. The molecule has 38 heavy (non-hydrogen) atoms. The zero-order valence-electron chi connectivity index (χ0n) is 21.6. The molecule has 1 aromatic carbocycles. The van der Waals surface area contributed by atoms with E-state index in [0.717, 1.165) is 12.5 Å². The van der Waals surface area contributed by atoms with Crippen LogP contribution in [0.25, 0.3) is 11.0 Å². The normalized spacial score (nSPS) is 16.8. The van der Waals surface area contributed by atoms with Crippen molar-refractivity contribution < 1.29 is 22.8 Å². The highest BCUT2D eigenvalue weighted by molar-refractivity contribution is 6.04. The predicted molar refractivity (Wildman–Crippen MR) is 139 cm³/mol. The van der Waals surface area contributed by atoms with Crippen LogP contribution in [0.5, 0.6) is 0 Å². The molecule has 1 fully saturated rings. The Balaban J connectivity index is 1.77. The number of hydrogen-bond acceptors (Lipinski definition) is 5. The fourth-order valence-corrected chi connectivity index (χ4v) is 4.68. The summed E-state index contributed by atoms with van der Waals surface area (Å²) in [7, 11) is 3.78. The number of carbonyl (C=O) groups excluding carboxylic acids is 2. The molecule has 0 spiro atoms. The number of likely N-dealkylation sites (N-methyl/N-ethyl adjacent to an activating group) is 1. The Morgan fingerprint density at radius 1 is 1.21 bits per heavy atom. The van der Waals surface area contributed by atoms with Crippen LogP contribution in [0.2, 0.25) is 0 Å². The summed E-state index contributed by atoms with van der Waals surface area (Å²) in [5, 5.41) is 2.73. The molecule has 1 saturated heterocycles. The molecule has 1 N–H and O–H groups in total. The van der Waals surface area contributed by atoms with Crippen LogP contribution < -0.4 is 5.32 Å². The summed E-state index contributed by atoms with van der Waals surface area (Å²) in [6.45, 7) is 3.03. The third-order valence-electron chi connectivity index (χ3n) is 6.45. The van der Waals surface area contributed by atoms with Gasteiger partial charge in [-0.1, -0.05) is 12.1 Å². The van der Waals surface area contributed by atoms with Gasteiger partial charge >= 0.3 is 6.18 Å². The first kappa shape index (κ1) is 27.3. The van der Waals surface area contributed by atoms with E-state index in [9.17, 15) is 22.8 Å². The third-order valence-corrected chi connectivity index (χ3v) is 6.45. The number of rotatable bonds is 6. The molecule has 2 aromatic heterocycles. The number of aryl methyl sites for hydroxylation is 1. The van der Waals surface area contributed by atoms with Gasteiger partial charge in [0.15, 0.2) is 0 Å². The summed E-state index contributed by atoms with van der Waals surface area (Å²) >= 11 is 0. The van der Waals surface area contributed by atoms with Crippen LogP contribution in [0.3, 0.4) is 0 Å². The first-order chi connectivity index (χ1) is 18.0. The summed E-state index contributed by atoms with van der Waals surface area (Å²) in [6.07, 6.45) is 2.09. The highest BCUT2D eigenvalue weighted by Crippen LogP contribution is 2.39. The lowest BCUT2D eigenvalue weighted by Gasteiger charge is -2.27. The van der Waals surface area contributed by atoms with E-state index in [0.29, 0.717) is 37.2 Å². The number of amides is 2. The average Bonchev–Trinajstić information content (AvgIpc) is 3.03. The van der Waals surface area contributed by atoms with E-state index in [2.05, 4.69) is 15.3 Å². The zero-order chi connectivity index (χ0) is 27.4. The number of aromatic nitrogens is 3. The average molecular weight is 529 g/mol. The van der Waals surface area contributed by atoms with Crippen molar-refractivity contribution in [3.05, 3.63) is 65.5 Å². The van der Waals surface area contributed by atoms with Crippen molar-refractivity contribution in [3.63, 3.8) is 0 Å². The minimum absolute atomic E-state index is 0.0126. The number of carbonyl (C=O) groups is 2. The zero-order valence-corrected chi connectivity index (χ0v) is 21.6. The Bertz CT molecular complexity index is 1350. The quantitative estimate of drug-likeness (QED) is 0.470. The molecule has 1 aliphatic rings. The number of halogens is 3. The number of pyridine rings is 1. The molecule has 2 amide bonds. The highest BCUT2D eigenvalue weighted by Gasteiger charge is 2.36. The van der Waals surface area contributed by atoms with Crippen LogP contribution >= 0.6 is 0 Å². The lowest BCUT2D eigenvalue weighted by atomic mass is 10.1. The van der Waals surface area contributed by atoms with Gasteiger partial charge in [-0.15, -0.1) is 0 Å². The Labute approximate surface area is 219 Å². The van der Waals surface area contributed by atoms with Crippen LogP contribution in [-0.4, -0.2) is 69.9 Å². The van der Waals surface area contributed by atoms with E-state index in [1.165, 1.54) is 35.0 Å². The molecule has 1 aliphatic heterocycles. The topological polar surface area (TPSA) is 83.4 Å². The number of anilines is 1. The summed E-state index contributed by atoms with van der Waals surface area (Å²) in [5.74, 6) is -0.690. The smallest absolute Gasteiger partial charge is 0.337 e. The van der Waals surface area contributed by atoms with E-state index in [1.807, 2.05) is 19.0 Å². The fraction of sp³-hybridized carbons (Fsp3) is 0.407. The number of benzene rings is 1. The molecule has 0 saturated carbocycles. The lowest BCUT2D eigenvalue weighted by Crippen LogP contribution is -2.35. The van der Waals surface area contributed by atoms with Crippen molar-refractivity contribution in [1.29, 1.82) is 0 Å². The molecule has 0 bridgehead atoms. The summed E-state index contributed by atoms with van der Waals surface area (Å²) in [4.78, 5) is 38.1. The van der Waals surface area contributed by atoms with Crippen molar-refractivity contribution in [2.45, 2.75) is 38.4 Å². The second-order valence-electron chi connectivity index (χ2n) is 9.71. The van der Waals surface area contributed by atoms with Crippen molar-refractivity contribution in [2.75, 3.05) is 39.0 Å². The van der Waals surface area contributed by atoms with Crippen LogP contribution in [0.1, 0.15) is 46.9 Å². The van der Waals surface area contributed by atoms with Gasteiger partial charge in [-0.25, -0.2) is 4.98 Å². The second kappa shape index (κ2) is 11.3. The fourth-order valence-electron chi connectivity index (χ4n) is 4.68. The summed E-state index contributed by atoms with van der Waals surface area (Å²) in [6, 6.07) is 6.42. The summed E-state index contributed by atoms with van der Waals surface area (Å²) in [5.41, 5.74) is 0.120. The Morgan fingerprint density at radius 2 is 2.00 bits per heavy atom. The van der Waals surface area contributed by atoms with Crippen LogP contribution in [0.15, 0.2) is 48.7 Å². The highest BCUT2D eigenvalue weighted by atomic mass is 19.4. The maximum absolute atomic E-state index is 14.1. The molecule has 3 aromatic rings. The molecular formula is C27H31F3N6O2. The molecule has 0 radical (unpaired) electrons. The molecule has 0 aliphatic carbocycles. The van der Waals surface area contributed by atoms with Crippen molar-refractivity contribution in [2.24, 2.45) is 0 Å². The van der Waals surface area contributed by atoms with Gasteiger partial charge in [0.05, 0.1) is 22.6 Å². The molecule has 202 valence electrons. The number of likely N-dealkylation sites (tertiary alicyclic amines) is 1. The molecule has 8 nitrogen and oxygen atoms in total. The Morgan fingerprint density at radius 3 is 2.71 bits per heavy atom. The number of nitrogens with zero attached hydrogens (tertiary/aromatic N) is 5. The standard InChI is InChI=1S/C27H31F3N6O2/c1-18-16-19(12-13-31-18)25(38)33-26-32-22-10-6-9-21(27(28,29)30)24(22)36(26)20-8-4-5-15-35(17-20)23(37)11-7-14-34(2)3/h6-7,9-13,16,20H,4-5,8,14-15,17H2,1-3H3,(H,32,33,38)/b11-7+/t20-/m1/s1. The molecule has 11 heteroatoms. The van der Waals surface area contributed by atoms with Crippen LogP contribution in [0, 0.1) is 6.92 Å². The maximum atomic E-state index is 14.1. The molecule has 1 atom stereocenters. The van der Waals surface area contributed by atoms with E-state index >= 15 is 0 Å². The van der Waals surface area contributed by atoms with Gasteiger partial charge in [0.2, 0.25) is 11.9 Å². The van der Waals surface area contributed by atoms with E-state index in [-0.39, 0.29) is 29.4 Å². The van der Waals surface area contributed by atoms with Crippen molar-refractivity contribution in [3.8, 4) is 0 Å². The van der Waals surface area contributed by atoms with Gasteiger partial charge in [0.1, 0.15) is 0 Å². The first-order valence-corrected chi connectivity index (χ1v) is 12.5. The lowest BCUT2D eigenvalue weighted by molar-refractivity contribution is -0.136. The van der Waals surface area contributed by atoms with Crippen LogP contribution in [-0.2, 0) is 11.0 Å². The minimum Gasteiger partial charge on any atom is -0.337 e. The van der Waals surface area contributed by atoms with Gasteiger partial charge in [-0.05, 0) is 64.5 Å². The molecule has 3 heterocycles. The number of imidazole rings is 1. The Kier molecular flexibility index (Phi) is 8.15. The number of para-hydroxylation sites is 1.